The zero-order chi connectivity index (χ0) is 12.0. The van der Waals surface area contributed by atoms with Crippen molar-refractivity contribution in [1.82, 2.24) is 0 Å². The first-order valence-corrected chi connectivity index (χ1v) is 4.89. The van der Waals surface area contributed by atoms with Gasteiger partial charge in [-0.25, -0.2) is 4.39 Å². The van der Waals surface area contributed by atoms with Crippen LogP contribution in [0.3, 0.4) is 0 Å². The Hall–Kier alpha value is -1.68. The van der Waals surface area contributed by atoms with Crippen LogP contribution in [0.15, 0.2) is 42.1 Å². The second kappa shape index (κ2) is 6.02. The molecule has 0 spiro atoms. The van der Waals surface area contributed by atoms with Crippen molar-refractivity contribution < 1.29 is 14.3 Å². The molecule has 4 heteroatoms. The highest BCUT2D eigenvalue weighted by molar-refractivity contribution is 6.01. The van der Waals surface area contributed by atoms with Crippen LogP contribution in [0.1, 0.15) is 12.5 Å². The Labute approximate surface area is 93.9 Å². The highest BCUT2D eigenvalue weighted by Crippen LogP contribution is 2.09. The van der Waals surface area contributed by atoms with Gasteiger partial charge in [0.25, 0.3) is 0 Å². The minimum atomic E-state index is -0.440. The zero-order valence-electron chi connectivity index (χ0n) is 9.06. The Bertz CT molecular complexity index is 390. The standard InChI is InChI=1S/C12H14FNO2/c1-3-9(2)16-8-12(14-15)10-6-4-5-7-11(10)13/h3-7,9,15H,1,8H2,2H3. The largest absolute Gasteiger partial charge is 0.411 e. The first-order valence-electron chi connectivity index (χ1n) is 4.89. The smallest absolute Gasteiger partial charge is 0.132 e. The second-order valence-corrected chi connectivity index (χ2v) is 3.28. The maximum Gasteiger partial charge on any atom is 0.132 e. The van der Waals surface area contributed by atoms with E-state index < -0.39 is 5.82 Å². The van der Waals surface area contributed by atoms with E-state index in [9.17, 15) is 4.39 Å². The topological polar surface area (TPSA) is 41.8 Å². The molecule has 0 fully saturated rings. The van der Waals surface area contributed by atoms with Crippen molar-refractivity contribution in [3.63, 3.8) is 0 Å². The quantitative estimate of drug-likeness (QED) is 0.361. The first-order chi connectivity index (χ1) is 7.69. The fourth-order valence-corrected chi connectivity index (χ4v) is 1.13. The predicted molar refractivity (Wildman–Crippen MR) is 60.3 cm³/mol. The number of benzene rings is 1. The molecule has 16 heavy (non-hydrogen) atoms. The van der Waals surface area contributed by atoms with Gasteiger partial charge in [0.05, 0.1) is 12.7 Å². The third-order valence-electron chi connectivity index (χ3n) is 2.12. The van der Waals surface area contributed by atoms with Crippen LogP contribution in [0.25, 0.3) is 0 Å². The van der Waals surface area contributed by atoms with E-state index >= 15 is 0 Å². The fraction of sp³-hybridized carbons (Fsp3) is 0.250. The molecule has 1 aromatic rings. The van der Waals surface area contributed by atoms with E-state index in [-0.39, 0.29) is 24.0 Å². The lowest BCUT2D eigenvalue weighted by molar-refractivity contribution is 0.130. The Kier molecular flexibility index (Phi) is 4.66. The van der Waals surface area contributed by atoms with Gasteiger partial charge in [0.2, 0.25) is 0 Å². The first kappa shape index (κ1) is 12.4. The summed E-state index contributed by atoms with van der Waals surface area (Å²) < 4.78 is 18.6. The molecule has 3 nitrogen and oxygen atoms in total. The normalized spacial score (nSPS) is 13.5. The average molecular weight is 223 g/mol. The Morgan fingerprint density at radius 2 is 2.31 bits per heavy atom. The maximum absolute atomic E-state index is 13.4. The predicted octanol–water partition coefficient (Wildman–Crippen LogP) is 2.60. The van der Waals surface area contributed by atoms with E-state index in [0.29, 0.717) is 0 Å². The minimum Gasteiger partial charge on any atom is -0.411 e. The number of hydrogen-bond donors (Lipinski definition) is 1. The number of halogens is 1. The monoisotopic (exact) mass is 223 g/mol. The number of rotatable bonds is 5. The van der Waals surface area contributed by atoms with Gasteiger partial charge in [0, 0.05) is 5.56 Å². The summed E-state index contributed by atoms with van der Waals surface area (Å²) in [5.41, 5.74) is 0.396. The molecule has 1 atom stereocenters. The van der Waals surface area contributed by atoms with E-state index in [2.05, 4.69) is 11.7 Å². The molecule has 0 radical (unpaired) electrons. The van der Waals surface area contributed by atoms with Crippen LogP contribution in [0.4, 0.5) is 4.39 Å². The van der Waals surface area contributed by atoms with Gasteiger partial charge in [-0.2, -0.15) is 0 Å². The molecule has 0 aliphatic heterocycles. The molecule has 86 valence electrons. The third-order valence-corrected chi connectivity index (χ3v) is 2.12. The van der Waals surface area contributed by atoms with Gasteiger partial charge >= 0.3 is 0 Å². The second-order valence-electron chi connectivity index (χ2n) is 3.28. The van der Waals surface area contributed by atoms with Crippen LogP contribution in [0, 0.1) is 5.82 Å². The van der Waals surface area contributed by atoms with E-state index in [1.165, 1.54) is 12.1 Å². The summed E-state index contributed by atoms with van der Waals surface area (Å²) >= 11 is 0. The lowest BCUT2D eigenvalue weighted by atomic mass is 10.1. The number of hydrogen-bond acceptors (Lipinski definition) is 3. The van der Waals surface area contributed by atoms with Crippen LogP contribution >= 0.6 is 0 Å². The minimum absolute atomic E-state index is 0.0324. The van der Waals surface area contributed by atoms with Crippen molar-refractivity contribution in [2.45, 2.75) is 13.0 Å². The van der Waals surface area contributed by atoms with E-state index in [1.807, 2.05) is 0 Å². The Morgan fingerprint density at radius 3 is 2.88 bits per heavy atom. The number of oxime groups is 1. The van der Waals surface area contributed by atoms with Gasteiger partial charge in [0.15, 0.2) is 0 Å². The highest BCUT2D eigenvalue weighted by atomic mass is 19.1. The van der Waals surface area contributed by atoms with Gasteiger partial charge in [0.1, 0.15) is 11.5 Å². The Morgan fingerprint density at radius 1 is 1.62 bits per heavy atom. The maximum atomic E-state index is 13.4. The van der Waals surface area contributed by atoms with E-state index in [0.717, 1.165) is 0 Å². The molecular formula is C12H14FNO2. The van der Waals surface area contributed by atoms with Crippen LogP contribution < -0.4 is 0 Å². The molecule has 0 aliphatic rings. The Balaban J connectivity index is 2.77. The molecule has 0 saturated carbocycles. The van der Waals surface area contributed by atoms with Crippen molar-refractivity contribution in [3.8, 4) is 0 Å². The lowest BCUT2D eigenvalue weighted by Gasteiger charge is -2.10. The molecule has 0 amide bonds. The molecule has 1 aromatic carbocycles. The molecule has 0 bridgehead atoms. The van der Waals surface area contributed by atoms with Gasteiger partial charge < -0.3 is 9.94 Å². The van der Waals surface area contributed by atoms with Crippen molar-refractivity contribution in [3.05, 3.63) is 48.3 Å². The zero-order valence-corrected chi connectivity index (χ0v) is 9.06. The number of nitrogens with zero attached hydrogens (tertiary/aromatic N) is 1. The summed E-state index contributed by atoms with van der Waals surface area (Å²) in [4.78, 5) is 0. The van der Waals surface area contributed by atoms with E-state index in [1.54, 1.807) is 25.1 Å². The van der Waals surface area contributed by atoms with Crippen molar-refractivity contribution in [2.24, 2.45) is 5.16 Å². The van der Waals surface area contributed by atoms with Crippen LogP contribution in [0.5, 0.6) is 0 Å². The summed E-state index contributed by atoms with van der Waals surface area (Å²) in [5, 5.41) is 11.8. The van der Waals surface area contributed by atoms with Gasteiger partial charge in [-0.1, -0.05) is 23.4 Å². The van der Waals surface area contributed by atoms with Gasteiger partial charge in [-0.05, 0) is 19.1 Å². The fourth-order valence-electron chi connectivity index (χ4n) is 1.13. The molecule has 0 aromatic heterocycles. The van der Waals surface area contributed by atoms with Crippen molar-refractivity contribution >= 4 is 5.71 Å². The third kappa shape index (κ3) is 3.17. The SMILES string of the molecule is C=CC(C)OCC(=NO)c1ccccc1F. The van der Waals surface area contributed by atoms with Crippen molar-refractivity contribution in [2.75, 3.05) is 6.61 Å². The average Bonchev–Trinajstić information content (AvgIpc) is 2.31. The molecule has 1 N–H and O–H groups in total. The molecule has 1 rings (SSSR count). The summed E-state index contributed by atoms with van der Waals surface area (Å²) in [5.74, 6) is -0.440. The summed E-state index contributed by atoms with van der Waals surface area (Å²) in [6.45, 7) is 5.38. The summed E-state index contributed by atoms with van der Waals surface area (Å²) in [6.07, 6.45) is 1.43. The van der Waals surface area contributed by atoms with Crippen LogP contribution in [-0.2, 0) is 4.74 Å². The van der Waals surface area contributed by atoms with Crippen LogP contribution in [0.2, 0.25) is 0 Å². The summed E-state index contributed by atoms with van der Waals surface area (Å²) in [6, 6.07) is 6.07. The van der Waals surface area contributed by atoms with Gasteiger partial charge in [-0.3, -0.25) is 0 Å². The van der Waals surface area contributed by atoms with Crippen molar-refractivity contribution in [1.29, 1.82) is 0 Å². The molecule has 0 heterocycles. The van der Waals surface area contributed by atoms with Crippen LogP contribution in [-0.4, -0.2) is 23.6 Å². The molecular weight excluding hydrogens is 209 g/mol. The molecule has 0 aliphatic carbocycles. The highest BCUT2D eigenvalue weighted by Gasteiger charge is 2.10. The lowest BCUT2D eigenvalue weighted by Crippen LogP contribution is -2.16. The van der Waals surface area contributed by atoms with E-state index in [4.69, 9.17) is 9.94 Å². The number of ether oxygens (including phenoxy) is 1. The summed E-state index contributed by atoms with van der Waals surface area (Å²) in [7, 11) is 0. The molecule has 0 saturated heterocycles. The van der Waals surface area contributed by atoms with Gasteiger partial charge in [-0.15, -0.1) is 6.58 Å². The molecule has 1 unspecified atom stereocenters.